The van der Waals surface area contributed by atoms with Gasteiger partial charge in [0.1, 0.15) is 0 Å². The Kier molecular flexibility index (Phi) is 3.52. The molecule has 0 saturated heterocycles. The van der Waals surface area contributed by atoms with E-state index in [1.54, 1.807) is 11.3 Å². The zero-order chi connectivity index (χ0) is 13.2. The first kappa shape index (κ1) is 12.6. The summed E-state index contributed by atoms with van der Waals surface area (Å²) in [5.41, 5.74) is 4.00. The molecule has 0 amide bonds. The van der Waals surface area contributed by atoms with Crippen molar-refractivity contribution < 1.29 is 4.79 Å². The van der Waals surface area contributed by atoms with Crippen molar-refractivity contribution >= 4 is 17.1 Å². The third-order valence-corrected chi connectivity index (χ3v) is 5.04. The molecular formula is C17H18OS. The fourth-order valence-electron chi connectivity index (χ4n) is 2.94. The highest BCUT2D eigenvalue weighted by Crippen LogP contribution is 2.30. The van der Waals surface area contributed by atoms with Crippen LogP contribution in [0.25, 0.3) is 0 Å². The second-order valence-electron chi connectivity index (χ2n) is 5.20. The standard InChI is InChI=1S/C17H18OS/c1-2-12-9-10-19-17(12)16(18)15-8-7-13-5-3-4-6-14(13)11-15/h3-6,9-10,15H,2,7-8,11H2,1H3. The highest BCUT2D eigenvalue weighted by molar-refractivity contribution is 7.12. The quantitative estimate of drug-likeness (QED) is 0.760. The molecule has 1 aliphatic rings. The van der Waals surface area contributed by atoms with E-state index in [2.05, 4.69) is 37.3 Å². The number of aryl methyl sites for hydroxylation is 2. The Balaban J connectivity index is 1.83. The van der Waals surface area contributed by atoms with Gasteiger partial charge in [-0.05, 0) is 53.8 Å². The van der Waals surface area contributed by atoms with Gasteiger partial charge in [-0.25, -0.2) is 0 Å². The SMILES string of the molecule is CCc1ccsc1C(=O)C1CCc2ccccc2C1. The minimum atomic E-state index is 0.179. The molecule has 0 saturated carbocycles. The van der Waals surface area contributed by atoms with E-state index >= 15 is 0 Å². The molecule has 0 fully saturated rings. The first-order valence-corrected chi connectivity index (χ1v) is 7.85. The van der Waals surface area contributed by atoms with Crippen molar-refractivity contribution in [3.8, 4) is 0 Å². The molecule has 1 heterocycles. The van der Waals surface area contributed by atoms with Crippen LogP contribution in [-0.4, -0.2) is 5.78 Å². The number of hydrogen-bond acceptors (Lipinski definition) is 2. The largest absolute Gasteiger partial charge is 0.293 e. The second kappa shape index (κ2) is 5.30. The Morgan fingerprint density at radius 3 is 2.84 bits per heavy atom. The highest BCUT2D eigenvalue weighted by atomic mass is 32.1. The second-order valence-corrected chi connectivity index (χ2v) is 6.12. The fourth-order valence-corrected chi connectivity index (χ4v) is 3.95. The van der Waals surface area contributed by atoms with Crippen molar-refractivity contribution in [2.45, 2.75) is 32.6 Å². The molecule has 0 bridgehead atoms. The summed E-state index contributed by atoms with van der Waals surface area (Å²) < 4.78 is 0. The number of ketones is 1. The average molecular weight is 270 g/mol. The Morgan fingerprint density at radius 1 is 1.26 bits per heavy atom. The number of fused-ring (bicyclic) bond motifs is 1. The zero-order valence-corrected chi connectivity index (χ0v) is 12.0. The minimum Gasteiger partial charge on any atom is -0.293 e. The van der Waals surface area contributed by atoms with Crippen molar-refractivity contribution in [3.63, 3.8) is 0 Å². The first-order chi connectivity index (χ1) is 9.29. The lowest BCUT2D eigenvalue weighted by Gasteiger charge is -2.23. The van der Waals surface area contributed by atoms with Crippen LogP contribution < -0.4 is 0 Å². The lowest BCUT2D eigenvalue weighted by Crippen LogP contribution is -2.22. The van der Waals surface area contributed by atoms with Crippen LogP contribution in [0.2, 0.25) is 0 Å². The molecule has 1 atom stereocenters. The van der Waals surface area contributed by atoms with Gasteiger partial charge in [0, 0.05) is 5.92 Å². The third kappa shape index (κ3) is 2.37. The summed E-state index contributed by atoms with van der Waals surface area (Å²) in [6, 6.07) is 10.6. The smallest absolute Gasteiger partial charge is 0.176 e. The van der Waals surface area contributed by atoms with Gasteiger partial charge in [0.15, 0.2) is 5.78 Å². The van der Waals surface area contributed by atoms with Gasteiger partial charge in [0.05, 0.1) is 4.88 Å². The molecule has 2 heteroatoms. The van der Waals surface area contributed by atoms with Gasteiger partial charge in [-0.1, -0.05) is 31.2 Å². The Hall–Kier alpha value is -1.41. The maximum absolute atomic E-state index is 12.7. The number of carbonyl (C=O) groups is 1. The van der Waals surface area contributed by atoms with Gasteiger partial charge in [-0.15, -0.1) is 11.3 Å². The van der Waals surface area contributed by atoms with Crippen LogP contribution in [0, 0.1) is 5.92 Å². The summed E-state index contributed by atoms with van der Waals surface area (Å²) in [6.45, 7) is 2.12. The summed E-state index contributed by atoms with van der Waals surface area (Å²) >= 11 is 1.61. The molecule has 0 N–H and O–H groups in total. The molecule has 2 aromatic rings. The van der Waals surface area contributed by atoms with Gasteiger partial charge in [0.25, 0.3) is 0 Å². The summed E-state index contributed by atoms with van der Waals surface area (Å²) in [7, 11) is 0. The molecule has 1 aliphatic carbocycles. The van der Waals surface area contributed by atoms with Crippen LogP contribution in [-0.2, 0) is 19.3 Å². The number of carbonyl (C=O) groups excluding carboxylic acids is 1. The molecule has 1 nitrogen and oxygen atoms in total. The first-order valence-electron chi connectivity index (χ1n) is 6.97. The van der Waals surface area contributed by atoms with Crippen molar-refractivity contribution in [1.82, 2.24) is 0 Å². The number of Topliss-reactive ketones (excluding diaryl/α,β-unsaturated/α-hetero) is 1. The Labute approximate surface area is 118 Å². The van der Waals surface area contributed by atoms with Gasteiger partial charge in [0.2, 0.25) is 0 Å². The molecule has 3 rings (SSSR count). The molecule has 1 unspecified atom stereocenters. The van der Waals surface area contributed by atoms with Crippen LogP contribution >= 0.6 is 11.3 Å². The van der Waals surface area contributed by atoms with Gasteiger partial charge in [-0.2, -0.15) is 0 Å². The van der Waals surface area contributed by atoms with E-state index in [1.807, 2.05) is 5.38 Å². The van der Waals surface area contributed by atoms with E-state index in [-0.39, 0.29) is 5.92 Å². The average Bonchev–Trinajstić information content (AvgIpc) is 2.94. The Morgan fingerprint density at radius 2 is 2.05 bits per heavy atom. The monoisotopic (exact) mass is 270 g/mol. The zero-order valence-electron chi connectivity index (χ0n) is 11.2. The van der Waals surface area contributed by atoms with Crippen LogP contribution in [0.3, 0.4) is 0 Å². The van der Waals surface area contributed by atoms with Crippen molar-refractivity contribution in [1.29, 1.82) is 0 Å². The van der Waals surface area contributed by atoms with E-state index in [4.69, 9.17) is 0 Å². The maximum Gasteiger partial charge on any atom is 0.176 e. The number of thiophene rings is 1. The van der Waals surface area contributed by atoms with Crippen LogP contribution in [0.4, 0.5) is 0 Å². The molecule has 1 aromatic heterocycles. The van der Waals surface area contributed by atoms with E-state index in [0.29, 0.717) is 5.78 Å². The predicted molar refractivity (Wildman–Crippen MR) is 80.0 cm³/mol. The highest BCUT2D eigenvalue weighted by Gasteiger charge is 2.27. The molecular weight excluding hydrogens is 252 g/mol. The normalized spacial score (nSPS) is 18.1. The summed E-state index contributed by atoms with van der Waals surface area (Å²) in [5.74, 6) is 0.542. The summed E-state index contributed by atoms with van der Waals surface area (Å²) in [5, 5.41) is 2.04. The number of benzene rings is 1. The molecule has 98 valence electrons. The van der Waals surface area contributed by atoms with Crippen LogP contribution in [0.1, 0.15) is 39.7 Å². The number of rotatable bonds is 3. The van der Waals surface area contributed by atoms with E-state index in [0.717, 1.165) is 30.6 Å². The maximum atomic E-state index is 12.7. The molecule has 1 aromatic carbocycles. The van der Waals surface area contributed by atoms with E-state index in [1.165, 1.54) is 16.7 Å². The minimum absolute atomic E-state index is 0.179. The summed E-state index contributed by atoms with van der Waals surface area (Å²) in [6.07, 6.45) is 3.90. The van der Waals surface area contributed by atoms with Crippen molar-refractivity contribution in [2.24, 2.45) is 5.92 Å². The lowest BCUT2D eigenvalue weighted by atomic mass is 9.81. The van der Waals surface area contributed by atoms with Crippen LogP contribution in [0.15, 0.2) is 35.7 Å². The fraction of sp³-hybridized carbons (Fsp3) is 0.353. The molecule has 19 heavy (non-hydrogen) atoms. The van der Waals surface area contributed by atoms with Crippen molar-refractivity contribution in [2.75, 3.05) is 0 Å². The van der Waals surface area contributed by atoms with Gasteiger partial charge in [-0.3, -0.25) is 4.79 Å². The third-order valence-electron chi connectivity index (χ3n) is 4.07. The lowest BCUT2D eigenvalue weighted by molar-refractivity contribution is 0.0912. The Bertz CT molecular complexity index is 597. The van der Waals surface area contributed by atoms with Gasteiger partial charge >= 0.3 is 0 Å². The topological polar surface area (TPSA) is 17.1 Å². The molecule has 0 spiro atoms. The molecule has 0 aliphatic heterocycles. The number of hydrogen-bond donors (Lipinski definition) is 0. The van der Waals surface area contributed by atoms with Crippen LogP contribution in [0.5, 0.6) is 0 Å². The van der Waals surface area contributed by atoms with E-state index < -0.39 is 0 Å². The van der Waals surface area contributed by atoms with E-state index in [9.17, 15) is 4.79 Å². The summed E-state index contributed by atoms with van der Waals surface area (Å²) in [4.78, 5) is 13.7. The van der Waals surface area contributed by atoms with Gasteiger partial charge < -0.3 is 0 Å². The molecule has 0 radical (unpaired) electrons. The van der Waals surface area contributed by atoms with Crippen molar-refractivity contribution in [3.05, 3.63) is 57.3 Å². The predicted octanol–water partition coefficient (Wildman–Crippen LogP) is 4.30.